The van der Waals surface area contributed by atoms with Crippen molar-refractivity contribution in [3.8, 4) is 17.2 Å². The Morgan fingerprint density at radius 3 is 1.12 bits per heavy atom. The second-order valence-corrected chi connectivity index (χ2v) is 8.18. The van der Waals surface area contributed by atoms with Gasteiger partial charge < -0.3 is 14.2 Å². The van der Waals surface area contributed by atoms with Crippen molar-refractivity contribution < 1.29 is 14.2 Å². The first kappa shape index (κ1) is 21.7. The molecule has 0 atom stereocenters. The van der Waals surface area contributed by atoms with Crippen LogP contribution in [0, 0.1) is 0 Å². The molecule has 6 heteroatoms. The quantitative estimate of drug-likeness (QED) is 0.388. The predicted molar refractivity (Wildman–Crippen MR) is 112 cm³/mol. The third kappa shape index (κ3) is 10.5. The lowest BCUT2D eigenvalue weighted by Crippen LogP contribution is -2.03. The summed E-state index contributed by atoms with van der Waals surface area (Å²) in [5, 5.41) is 0. The fourth-order valence-corrected chi connectivity index (χ4v) is 3.20. The van der Waals surface area contributed by atoms with Crippen LogP contribution in [0.15, 0.2) is 18.2 Å². The zero-order valence-corrected chi connectivity index (χ0v) is 17.5. The van der Waals surface area contributed by atoms with Crippen LogP contribution in [0.5, 0.6) is 17.2 Å². The Kier molecular flexibility index (Phi) is 13.5. The maximum absolute atomic E-state index is 5.86. The van der Waals surface area contributed by atoms with Crippen molar-refractivity contribution in [2.24, 2.45) is 0 Å². The van der Waals surface area contributed by atoms with Crippen LogP contribution in [0.1, 0.15) is 19.3 Å². The lowest BCUT2D eigenvalue weighted by atomic mass is 10.3. The highest BCUT2D eigenvalue weighted by molar-refractivity contribution is 7.98. The number of hydrogen-bond donors (Lipinski definition) is 0. The van der Waals surface area contributed by atoms with Gasteiger partial charge in [-0.25, -0.2) is 0 Å². The van der Waals surface area contributed by atoms with Gasteiger partial charge in [-0.2, -0.15) is 35.3 Å². The van der Waals surface area contributed by atoms with E-state index in [2.05, 4.69) is 18.8 Å². The molecule has 0 spiro atoms. The van der Waals surface area contributed by atoms with Gasteiger partial charge in [0.2, 0.25) is 0 Å². The molecule has 0 fully saturated rings. The Labute approximate surface area is 160 Å². The van der Waals surface area contributed by atoms with Gasteiger partial charge in [0.25, 0.3) is 0 Å². The Balaban J connectivity index is 2.58. The van der Waals surface area contributed by atoms with Gasteiger partial charge in [-0.15, -0.1) is 0 Å². The molecule has 1 rings (SSSR count). The lowest BCUT2D eigenvalue weighted by molar-refractivity contribution is 0.288. The molecule has 0 unspecified atom stereocenters. The second-order valence-electron chi connectivity index (χ2n) is 5.22. The van der Waals surface area contributed by atoms with E-state index >= 15 is 0 Å². The summed E-state index contributed by atoms with van der Waals surface area (Å²) >= 11 is 5.52. The molecule has 0 saturated carbocycles. The van der Waals surface area contributed by atoms with Gasteiger partial charge >= 0.3 is 0 Å². The molecule has 0 radical (unpaired) electrons. The van der Waals surface area contributed by atoms with Crippen molar-refractivity contribution in [1.82, 2.24) is 0 Å². The summed E-state index contributed by atoms with van der Waals surface area (Å²) in [6, 6.07) is 5.90. The van der Waals surface area contributed by atoms with E-state index < -0.39 is 0 Å². The minimum atomic E-state index is 0.725. The maximum Gasteiger partial charge on any atom is 0.126 e. The Morgan fingerprint density at radius 1 is 0.583 bits per heavy atom. The van der Waals surface area contributed by atoms with Gasteiger partial charge in [-0.1, -0.05) is 0 Å². The summed E-state index contributed by atoms with van der Waals surface area (Å²) in [5.74, 6) is 5.84. The topological polar surface area (TPSA) is 27.7 Å². The Hall–Kier alpha value is -0.330. The summed E-state index contributed by atoms with van der Waals surface area (Å²) in [6.45, 7) is 2.17. The monoisotopic (exact) mass is 390 g/mol. The molecule has 0 aliphatic carbocycles. The number of ether oxygens (including phenoxy) is 3. The largest absolute Gasteiger partial charge is 0.493 e. The highest BCUT2D eigenvalue weighted by Crippen LogP contribution is 2.28. The predicted octanol–water partition coefficient (Wildman–Crippen LogP) is 5.08. The van der Waals surface area contributed by atoms with Gasteiger partial charge in [0.05, 0.1) is 19.8 Å². The van der Waals surface area contributed by atoms with E-state index in [1.165, 1.54) is 0 Å². The van der Waals surface area contributed by atoms with E-state index in [4.69, 9.17) is 14.2 Å². The molecule has 0 saturated heterocycles. The molecule has 0 aliphatic heterocycles. The van der Waals surface area contributed by atoms with Crippen molar-refractivity contribution in [3.05, 3.63) is 18.2 Å². The Morgan fingerprint density at radius 2 is 0.875 bits per heavy atom. The van der Waals surface area contributed by atoms with Crippen LogP contribution in [0.3, 0.4) is 0 Å². The van der Waals surface area contributed by atoms with Gasteiger partial charge in [0, 0.05) is 18.2 Å². The van der Waals surface area contributed by atoms with Gasteiger partial charge in [-0.05, 0) is 55.3 Å². The molecule has 0 aromatic heterocycles. The summed E-state index contributed by atoms with van der Waals surface area (Å²) < 4.78 is 17.6. The summed E-state index contributed by atoms with van der Waals surface area (Å²) in [6.07, 6.45) is 9.48. The van der Waals surface area contributed by atoms with Crippen LogP contribution in [-0.2, 0) is 0 Å². The highest BCUT2D eigenvalue weighted by atomic mass is 32.2. The molecule has 0 N–H and O–H groups in total. The summed E-state index contributed by atoms with van der Waals surface area (Å²) in [7, 11) is 0. The zero-order valence-electron chi connectivity index (χ0n) is 15.0. The van der Waals surface area contributed by atoms with Crippen molar-refractivity contribution in [1.29, 1.82) is 0 Å². The minimum absolute atomic E-state index is 0.725. The van der Waals surface area contributed by atoms with Gasteiger partial charge in [-0.3, -0.25) is 0 Å². The SMILES string of the molecule is CSCCCOc1cc(OCCCSC)cc(OCCCSC)c1. The Bertz CT molecular complexity index is 356. The van der Waals surface area contributed by atoms with E-state index in [0.717, 1.165) is 73.6 Å². The van der Waals surface area contributed by atoms with Crippen molar-refractivity contribution in [2.75, 3.05) is 55.8 Å². The van der Waals surface area contributed by atoms with Crippen LogP contribution >= 0.6 is 35.3 Å². The fourth-order valence-electron chi connectivity index (χ4n) is 1.98. The smallest absolute Gasteiger partial charge is 0.126 e. The van der Waals surface area contributed by atoms with E-state index in [9.17, 15) is 0 Å². The van der Waals surface area contributed by atoms with E-state index in [-0.39, 0.29) is 0 Å². The normalized spacial score (nSPS) is 10.6. The summed E-state index contributed by atoms with van der Waals surface area (Å²) in [4.78, 5) is 0. The first-order valence-electron chi connectivity index (χ1n) is 8.30. The molecule has 0 bridgehead atoms. The molecule has 0 heterocycles. The van der Waals surface area contributed by atoms with E-state index in [1.54, 1.807) is 0 Å². The molecule has 0 amide bonds. The van der Waals surface area contributed by atoms with Crippen molar-refractivity contribution >= 4 is 35.3 Å². The average molecular weight is 391 g/mol. The molecule has 0 aliphatic rings. The van der Waals surface area contributed by atoms with Crippen LogP contribution < -0.4 is 14.2 Å². The lowest BCUT2D eigenvalue weighted by Gasteiger charge is -2.13. The third-order valence-electron chi connectivity index (χ3n) is 3.14. The first-order chi connectivity index (χ1) is 11.8. The van der Waals surface area contributed by atoms with Crippen LogP contribution in [-0.4, -0.2) is 55.8 Å². The molecule has 138 valence electrons. The number of hydrogen-bond acceptors (Lipinski definition) is 6. The van der Waals surface area contributed by atoms with Crippen LogP contribution in [0.4, 0.5) is 0 Å². The molecular formula is C18H30O3S3. The standard InChI is InChI=1S/C18H30O3S3/c1-22-10-4-7-19-16-13-17(20-8-5-11-23-2)15-18(14-16)21-9-6-12-24-3/h13-15H,4-12H2,1-3H3. The fraction of sp³-hybridized carbons (Fsp3) is 0.667. The molecule has 3 nitrogen and oxygen atoms in total. The maximum atomic E-state index is 5.86. The van der Waals surface area contributed by atoms with Crippen LogP contribution in [0.25, 0.3) is 0 Å². The van der Waals surface area contributed by atoms with Crippen molar-refractivity contribution in [3.63, 3.8) is 0 Å². The average Bonchev–Trinajstić information content (AvgIpc) is 2.59. The summed E-state index contributed by atoms with van der Waals surface area (Å²) in [5.41, 5.74) is 0. The van der Waals surface area contributed by atoms with E-state index in [0.29, 0.717) is 0 Å². The molecule has 24 heavy (non-hydrogen) atoms. The second kappa shape index (κ2) is 15.0. The molecular weight excluding hydrogens is 360 g/mol. The minimum Gasteiger partial charge on any atom is -0.493 e. The highest BCUT2D eigenvalue weighted by Gasteiger charge is 2.05. The van der Waals surface area contributed by atoms with Crippen LogP contribution in [0.2, 0.25) is 0 Å². The number of rotatable bonds is 15. The first-order valence-corrected chi connectivity index (χ1v) is 12.5. The van der Waals surface area contributed by atoms with Gasteiger partial charge in [0.1, 0.15) is 17.2 Å². The third-order valence-corrected chi connectivity index (χ3v) is 5.23. The van der Waals surface area contributed by atoms with Crippen molar-refractivity contribution in [2.45, 2.75) is 19.3 Å². The zero-order chi connectivity index (χ0) is 17.5. The molecule has 1 aromatic rings. The van der Waals surface area contributed by atoms with E-state index in [1.807, 2.05) is 53.5 Å². The molecule has 1 aromatic carbocycles. The number of benzene rings is 1. The number of thioether (sulfide) groups is 3. The van der Waals surface area contributed by atoms with Gasteiger partial charge in [0.15, 0.2) is 0 Å².